The molecular weight excluding hydrogens is 176 g/mol. The summed E-state index contributed by atoms with van der Waals surface area (Å²) in [5.74, 6) is -0.0452. The molecule has 0 aliphatic rings. The monoisotopic (exact) mass is 196 g/mol. The van der Waals surface area contributed by atoms with Gasteiger partial charge in [-0.05, 0) is 26.7 Å². The molecule has 3 nitrogen and oxygen atoms in total. The van der Waals surface area contributed by atoms with Crippen molar-refractivity contribution in [3.05, 3.63) is 0 Å². The molecule has 0 bridgehead atoms. The average molecular weight is 196 g/mol. The van der Waals surface area contributed by atoms with Crippen LogP contribution in [0.15, 0.2) is 0 Å². The second-order valence-corrected chi connectivity index (χ2v) is 3.65. The van der Waals surface area contributed by atoms with E-state index in [1.54, 1.807) is 0 Å². The third-order valence-electron chi connectivity index (χ3n) is 2.65. The standard InChI is InChI=1S/C11H20N2O/c1-5-9(3)13(10(4)6-2)11(14)7-8-12/h9-10H,5-7H2,1-4H3. The van der Waals surface area contributed by atoms with Gasteiger partial charge in [0.1, 0.15) is 6.42 Å². The molecule has 0 aliphatic carbocycles. The predicted octanol–water partition coefficient (Wildman–Crippen LogP) is 2.33. The summed E-state index contributed by atoms with van der Waals surface area (Å²) in [6.07, 6.45) is 1.86. The van der Waals surface area contributed by atoms with Gasteiger partial charge >= 0.3 is 0 Å². The van der Waals surface area contributed by atoms with Gasteiger partial charge in [0, 0.05) is 12.1 Å². The molecule has 0 aromatic heterocycles. The van der Waals surface area contributed by atoms with Gasteiger partial charge in [-0.2, -0.15) is 5.26 Å². The zero-order chi connectivity index (χ0) is 11.1. The molecule has 80 valence electrons. The first-order valence-corrected chi connectivity index (χ1v) is 5.26. The number of hydrogen-bond acceptors (Lipinski definition) is 2. The average Bonchev–Trinajstić information content (AvgIpc) is 2.17. The zero-order valence-corrected chi connectivity index (χ0v) is 9.58. The number of carbonyl (C=O) groups is 1. The topological polar surface area (TPSA) is 44.1 Å². The van der Waals surface area contributed by atoms with E-state index in [0.29, 0.717) is 0 Å². The van der Waals surface area contributed by atoms with Crippen molar-refractivity contribution in [2.45, 2.75) is 59.0 Å². The van der Waals surface area contributed by atoms with Crippen molar-refractivity contribution in [2.75, 3.05) is 0 Å². The molecule has 0 aromatic carbocycles. The van der Waals surface area contributed by atoms with Gasteiger partial charge < -0.3 is 4.90 Å². The summed E-state index contributed by atoms with van der Waals surface area (Å²) in [5.41, 5.74) is 0. The molecule has 2 unspecified atom stereocenters. The fraction of sp³-hybridized carbons (Fsp3) is 0.818. The van der Waals surface area contributed by atoms with Crippen LogP contribution in [0.3, 0.4) is 0 Å². The van der Waals surface area contributed by atoms with Gasteiger partial charge in [-0.1, -0.05) is 13.8 Å². The molecule has 3 heteroatoms. The third kappa shape index (κ3) is 3.37. The first-order valence-electron chi connectivity index (χ1n) is 5.26. The molecule has 0 saturated heterocycles. The Kier molecular flexibility index (Phi) is 5.94. The Morgan fingerprint density at radius 1 is 1.29 bits per heavy atom. The number of amides is 1. The molecule has 0 aliphatic heterocycles. The predicted molar refractivity (Wildman–Crippen MR) is 56.6 cm³/mol. The highest BCUT2D eigenvalue weighted by Gasteiger charge is 2.22. The summed E-state index contributed by atoms with van der Waals surface area (Å²) >= 11 is 0. The van der Waals surface area contributed by atoms with Crippen molar-refractivity contribution in [2.24, 2.45) is 0 Å². The minimum Gasteiger partial charge on any atom is -0.336 e. The molecule has 14 heavy (non-hydrogen) atoms. The van der Waals surface area contributed by atoms with Gasteiger partial charge in [0.15, 0.2) is 0 Å². The van der Waals surface area contributed by atoms with E-state index >= 15 is 0 Å². The van der Waals surface area contributed by atoms with Crippen molar-refractivity contribution in [1.29, 1.82) is 5.26 Å². The van der Waals surface area contributed by atoms with Crippen LogP contribution in [0.4, 0.5) is 0 Å². The molecule has 0 fully saturated rings. The van der Waals surface area contributed by atoms with Crippen LogP contribution < -0.4 is 0 Å². The van der Waals surface area contributed by atoms with Gasteiger partial charge in [-0.3, -0.25) is 4.79 Å². The summed E-state index contributed by atoms with van der Waals surface area (Å²) < 4.78 is 0. The van der Waals surface area contributed by atoms with E-state index in [2.05, 4.69) is 13.8 Å². The van der Waals surface area contributed by atoms with E-state index in [1.807, 2.05) is 24.8 Å². The second kappa shape index (κ2) is 6.42. The van der Waals surface area contributed by atoms with E-state index in [0.717, 1.165) is 12.8 Å². The maximum atomic E-state index is 11.6. The first kappa shape index (κ1) is 13.0. The number of nitriles is 1. The minimum atomic E-state index is -0.0452. The van der Waals surface area contributed by atoms with E-state index in [9.17, 15) is 4.79 Å². The van der Waals surface area contributed by atoms with Gasteiger partial charge in [0.25, 0.3) is 0 Å². The first-order chi connectivity index (χ1) is 6.58. The summed E-state index contributed by atoms with van der Waals surface area (Å²) in [7, 11) is 0. The van der Waals surface area contributed by atoms with Crippen LogP contribution in [0.2, 0.25) is 0 Å². The third-order valence-corrected chi connectivity index (χ3v) is 2.65. The van der Waals surface area contributed by atoms with Gasteiger partial charge in [0.2, 0.25) is 5.91 Å². The molecule has 0 saturated carbocycles. The van der Waals surface area contributed by atoms with Crippen molar-refractivity contribution >= 4 is 5.91 Å². The Labute approximate surface area is 86.7 Å². The molecule has 1 amide bonds. The van der Waals surface area contributed by atoms with Crippen molar-refractivity contribution < 1.29 is 4.79 Å². The highest BCUT2D eigenvalue weighted by molar-refractivity contribution is 5.78. The van der Waals surface area contributed by atoms with Crippen molar-refractivity contribution in [1.82, 2.24) is 4.90 Å². The van der Waals surface area contributed by atoms with Crippen LogP contribution in [0.1, 0.15) is 47.0 Å². The molecule has 0 aromatic rings. The molecule has 2 atom stereocenters. The van der Waals surface area contributed by atoms with Gasteiger partial charge in [-0.25, -0.2) is 0 Å². The lowest BCUT2D eigenvalue weighted by molar-refractivity contribution is -0.134. The Morgan fingerprint density at radius 3 is 2.00 bits per heavy atom. The van der Waals surface area contributed by atoms with Crippen LogP contribution in [0, 0.1) is 11.3 Å². The smallest absolute Gasteiger partial charge is 0.237 e. The molecule has 0 heterocycles. The molecule has 0 N–H and O–H groups in total. The fourth-order valence-corrected chi connectivity index (χ4v) is 1.48. The highest BCUT2D eigenvalue weighted by atomic mass is 16.2. The van der Waals surface area contributed by atoms with Gasteiger partial charge in [-0.15, -0.1) is 0 Å². The number of carbonyl (C=O) groups excluding carboxylic acids is 1. The number of rotatable bonds is 5. The van der Waals surface area contributed by atoms with Gasteiger partial charge in [0.05, 0.1) is 6.07 Å². The van der Waals surface area contributed by atoms with Crippen LogP contribution in [0.5, 0.6) is 0 Å². The lowest BCUT2D eigenvalue weighted by atomic mass is 10.1. The quantitative estimate of drug-likeness (QED) is 0.677. The largest absolute Gasteiger partial charge is 0.336 e. The molecule has 0 rings (SSSR count). The maximum Gasteiger partial charge on any atom is 0.237 e. The Balaban J connectivity index is 4.55. The zero-order valence-electron chi connectivity index (χ0n) is 9.58. The SMILES string of the molecule is CCC(C)N(C(=O)CC#N)C(C)CC. The maximum absolute atomic E-state index is 11.6. The Morgan fingerprint density at radius 2 is 1.71 bits per heavy atom. The second-order valence-electron chi connectivity index (χ2n) is 3.65. The van der Waals surface area contributed by atoms with E-state index in [-0.39, 0.29) is 24.4 Å². The Bertz CT molecular complexity index is 210. The summed E-state index contributed by atoms with van der Waals surface area (Å²) in [5, 5.41) is 8.50. The molecule has 0 radical (unpaired) electrons. The molecular formula is C11H20N2O. The van der Waals surface area contributed by atoms with Crippen molar-refractivity contribution in [3.63, 3.8) is 0 Å². The molecule has 0 spiro atoms. The van der Waals surface area contributed by atoms with E-state index < -0.39 is 0 Å². The number of hydrogen-bond donors (Lipinski definition) is 0. The summed E-state index contributed by atoms with van der Waals surface area (Å²) in [6.45, 7) is 8.17. The summed E-state index contributed by atoms with van der Waals surface area (Å²) in [4.78, 5) is 13.5. The van der Waals surface area contributed by atoms with Crippen LogP contribution in [0.25, 0.3) is 0 Å². The summed E-state index contributed by atoms with van der Waals surface area (Å²) in [6, 6.07) is 2.37. The van der Waals surface area contributed by atoms with E-state index in [4.69, 9.17) is 5.26 Å². The Hall–Kier alpha value is -1.04. The van der Waals surface area contributed by atoms with Crippen LogP contribution in [-0.4, -0.2) is 22.9 Å². The number of nitrogens with zero attached hydrogens (tertiary/aromatic N) is 2. The lowest BCUT2D eigenvalue weighted by Crippen LogP contribution is -2.44. The van der Waals surface area contributed by atoms with Crippen LogP contribution in [-0.2, 0) is 4.79 Å². The minimum absolute atomic E-state index is 0.00528. The lowest BCUT2D eigenvalue weighted by Gasteiger charge is -2.33. The highest BCUT2D eigenvalue weighted by Crippen LogP contribution is 2.12. The van der Waals surface area contributed by atoms with E-state index in [1.165, 1.54) is 0 Å². The van der Waals surface area contributed by atoms with Crippen molar-refractivity contribution in [3.8, 4) is 6.07 Å². The van der Waals surface area contributed by atoms with Crippen LogP contribution >= 0.6 is 0 Å². The fourth-order valence-electron chi connectivity index (χ4n) is 1.48. The normalized spacial score (nSPS) is 14.2.